The minimum atomic E-state index is -0.249. The molecule has 0 bridgehead atoms. The van der Waals surface area contributed by atoms with E-state index >= 15 is 0 Å². The molecule has 0 aliphatic carbocycles. The number of hydrogen-bond donors (Lipinski definition) is 1. The second kappa shape index (κ2) is 10.4. The molecule has 0 aromatic heterocycles. The van der Waals surface area contributed by atoms with Crippen molar-refractivity contribution in [2.45, 2.75) is 64.2 Å². The molecule has 0 aliphatic rings. The molecule has 3 nitrogen and oxygen atoms in total. The van der Waals surface area contributed by atoms with Gasteiger partial charge < -0.3 is 15.2 Å². The molecule has 0 amide bonds. The first kappa shape index (κ1) is 14.9. The number of hydrogen-bond acceptors (Lipinski definition) is 3. The first-order valence-electron chi connectivity index (χ1n) is 6.07. The maximum absolute atomic E-state index is 5.93. The van der Waals surface area contributed by atoms with E-state index in [1.807, 2.05) is 0 Å². The Kier molecular flexibility index (Phi) is 10.3. The van der Waals surface area contributed by atoms with Crippen molar-refractivity contribution in [2.24, 2.45) is 5.73 Å². The lowest BCUT2D eigenvalue weighted by molar-refractivity contribution is -0.117. The van der Waals surface area contributed by atoms with Crippen LogP contribution < -0.4 is 5.73 Å². The lowest BCUT2D eigenvalue weighted by Crippen LogP contribution is -2.37. The molecule has 0 spiro atoms. The highest BCUT2D eigenvalue weighted by atomic mass is 16.7. The van der Waals surface area contributed by atoms with Crippen LogP contribution in [-0.4, -0.2) is 26.6 Å². The van der Waals surface area contributed by atoms with Gasteiger partial charge in [0.05, 0.1) is 6.04 Å². The maximum Gasteiger partial charge on any atom is 0.171 e. The Bertz CT molecular complexity index is 127. The van der Waals surface area contributed by atoms with E-state index in [9.17, 15) is 0 Å². The number of ether oxygens (including phenoxy) is 2. The number of unbranched alkanes of at least 4 members (excludes halogenated alkanes) is 5. The van der Waals surface area contributed by atoms with Crippen LogP contribution in [0.2, 0.25) is 0 Å². The van der Waals surface area contributed by atoms with E-state index in [1.165, 1.54) is 38.5 Å². The molecule has 3 heteroatoms. The molecule has 0 rings (SSSR count). The van der Waals surface area contributed by atoms with Crippen LogP contribution in [0.15, 0.2) is 0 Å². The molecule has 0 radical (unpaired) electrons. The maximum atomic E-state index is 5.93. The van der Waals surface area contributed by atoms with Gasteiger partial charge >= 0.3 is 0 Å². The Labute approximate surface area is 94.3 Å². The van der Waals surface area contributed by atoms with E-state index in [4.69, 9.17) is 15.2 Å². The van der Waals surface area contributed by atoms with Crippen LogP contribution in [0.1, 0.15) is 51.9 Å². The van der Waals surface area contributed by atoms with Crippen molar-refractivity contribution in [3.8, 4) is 0 Å². The first-order valence-corrected chi connectivity index (χ1v) is 6.07. The molecular weight excluding hydrogens is 190 g/mol. The summed E-state index contributed by atoms with van der Waals surface area (Å²) in [6, 6.07) is 0.00572. The smallest absolute Gasteiger partial charge is 0.171 e. The average Bonchev–Trinajstić information content (AvgIpc) is 2.25. The predicted octanol–water partition coefficient (Wildman–Crippen LogP) is 2.68. The van der Waals surface area contributed by atoms with Crippen molar-refractivity contribution in [3.05, 3.63) is 0 Å². The van der Waals surface area contributed by atoms with Gasteiger partial charge in [0, 0.05) is 14.2 Å². The number of methoxy groups -OCH3 is 2. The zero-order chi connectivity index (χ0) is 11.5. The molecule has 0 aromatic carbocycles. The molecule has 2 N–H and O–H groups in total. The minimum absolute atomic E-state index is 0.00572. The van der Waals surface area contributed by atoms with E-state index in [1.54, 1.807) is 14.2 Å². The Hall–Kier alpha value is -0.120. The summed E-state index contributed by atoms with van der Waals surface area (Å²) < 4.78 is 10.2. The highest BCUT2D eigenvalue weighted by Gasteiger charge is 2.15. The summed E-state index contributed by atoms with van der Waals surface area (Å²) >= 11 is 0. The Morgan fingerprint density at radius 3 is 2.00 bits per heavy atom. The zero-order valence-electron chi connectivity index (χ0n) is 10.5. The first-order chi connectivity index (χ1) is 7.26. The van der Waals surface area contributed by atoms with E-state index in [2.05, 4.69) is 6.92 Å². The Morgan fingerprint density at radius 1 is 0.933 bits per heavy atom. The summed E-state index contributed by atoms with van der Waals surface area (Å²) in [7, 11) is 3.27. The lowest BCUT2D eigenvalue weighted by Gasteiger charge is -2.20. The van der Waals surface area contributed by atoms with Crippen molar-refractivity contribution in [3.63, 3.8) is 0 Å². The van der Waals surface area contributed by atoms with Crippen molar-refractivity contribution in [2.75, 3.05) is 14.2 Å². The van der Waals surface area contributed by atoms with Gasteiger partial charge in [-0.25, -0.2) is 0 Å². The molecule has 0 saturated heterocycles. The van der Waals surface area contributed by atoms with E-state index < -0.39 is 0 Å². The van der Waals surface area contributed by atoms with Gasteiger partial charge in [-0.15, -0.1) is 0 Å². The predicted molar refractivity (Wildman–Crippen MR) is 63.8 cm³/mol. The molecule has 0 aromatic rings. The van der Waals surface area contributed by atoms with Gasteiger partial charge in [0.25, 0.3) is 0 Å². The average molecular weight is 217 g/mol. The van der Waals surface area contributed by atoms with Crippen LogP contribution in [0, 0.1) is 0 Å². The standard InChI is InChI=1S/C12H27NO2/c1-4-5-6-7-8-9-10-11(13)12(14-2)15-3/h11-12H,4-10,13H2,1-3H3. The SMILES string of the molecule is CCCCCCCCC(N)C(OC)OC. The fraction of sp³-hybridized carbons (Fsp3) is 1.00. The van der Waals surface area contributed by atoms with Gasteiger partial charge in [-0.1, -0.05) is 45.4 Å². The third-order valence-corrected chi connectivity index (χ3v) is 2.71. The largest absolute Gasteiger partial charge is 0.354 e. The topological polar surface area (TPSA) is 44.5 Å². The lowest BCUT2D eigenvalue weighted by atomic mass is 10.1. The molecule has 0 heterocycles. The summed E-state index contributed by atoms with van der Waals surface area (Å²) in [4.78, 5) is 0. The van der Waals surface area contributed by atoms with Crippen molar-refractivity contribution in [1.82, 2.24) is 0 Å². The second-order valence-electron chi connectivity index (χ2n) is 4.06. The van der Waals surface area contributed by atoms with Gasteiger partial charge in [0.2, 0.25) is 0 Å². The molecular formula is C12H27NO2. The van der Waals surface area contributed by atoms with Crippen LogP contribution in [-0.2, 0) is 9.47 Å². The highest BCUT2D eigenvalue weighted by Crippen LogP contribution is 2.10. The number of rotatable bonds is 10. The zero-order valence-corrected chi connectivity index (χ0v) is 10.5. The summed E-state index contributed by atoms with van der Waals surface area (Å²) in [5.74, 6) is 0. The molecule has 15 heavy (non-hydrogen) atoms. The normalized spacial score (nSPS) is 13.4. The summed E-state index contributed by atoms with van der Waals surface area (Å²) in [6.45, 7) is 2.23. The van der Waals surface area contributed by atoms with Gasteiger partial charge in [-0.3, -0.25) is 0 Å². The van der Waals surface area contributed by atoms with Gasteiger partial charge in [-0.05, 0) is 6.42 Å². The summed E-state index contributed by atoms with van der Waals surface area (Å²) in [5, 5.41) is 0. The second-order valence-corrected chi connectivity index (χ2v) is 4.06. The van der Waals surface area contributed by atoms with Crippen molar-refractivity contribution >= 4 is 0 Å². The minimum Gasteiger partial charge on any atom is -0.354 e. The third kappa shape index (κ3) is 7.77. The quantitative estimate of drug-likeness (QED) is 0.452. The monoisotopic (exact) mass is 217 g/mol. The van der Waals surface area contributed by atoms with Crippen molar-refractivity contribution < 1.29 is 9.47 Å². The van der Waals surface area contributed by atoms with E-state index in [0.29, 0.717) is 0 Å². The molecule has 0 saturated carbocycles. The molecule has 1 unspecified atom stereocenters. The van der Waals surface area contributed by atoms with Gasteiger partial charge in [0.1, 0.15) is 0 Å². The summed E-state index contributed by atoms with van der Waals surface area (Å²) in [6.07, 6.45) is 8.51. The fourth-order valence-electron chi connectivity index (χ4n) is 1.74. The Morgan fingerprint density at radius 2 is 1.47 bits per heavy atom. The van der Waals surface area contributed by atoms with Crippen LogP contribution >= 0.6 is 0 Å². The van der Waals surface area contributed by atoms with Crippen molar-refractivity contribution in [1.29, 1.82) is 0 Å². The fourth-order valence-corrected chi connectivity index (χ4v) is 1.74. The molecule has 0 fully saturated rings. The molecule has 1 atom stereocenters. The van der Waals surface area contributed by atoms with Gasteiger partial charge in [-0.2, -0.15) is 0 Å². The van der Waals surface area contributed by atoms with Crippen LogP contribution in [0.4, 0.5) is 0 Å². The highest BCUT2D eigenvalue weighted by molar-refractivity contribution is 4.65. The van der Waals surface area contributed by atoms with Crippen LogP contribution in [0.25, 0.3) is 0 Å². The van der Waals surface area contributed by atoms with Crippen LogP contribution in [0.3, 0.4) is 0 Å². The summed E-state index contributed by atoms with van der Waals surface area (Å²) in [5.41, 5.74) is 5.93. The van der Waals surface area contributed by atoms with E-state index in [0.717, 1.165) is 6.42 Å². The molecule has 92 valence electrons. The van der Waals surface area contributed by atoms with Gasteiger partial charge in [0.15, 0.2) is 6.29 Å². The van der Waals surface area contributed by atoms with Crippen LogP contribution in [0.5, 0.6) is 0 Å². The molecule has 0 aliphatic heterocycles. The third-order valence-electron chi connectivity index (χ3n) is 2.71. The van der Waals surface area contributed by atoms with E-state index in [-0.39, 0.29) is 12.3 Å². The Balaban J connectivity index is 3.33. The number of nitrogens with two attached hydrogens (primary N) is 1.